The molecular formula is C27H31ClFN3O5S. The van der Waals surface area contributed by atoms with Crippen molar-refractivity contribution < 1.29 is 26.8 Å². The summed E-state index contributed by atoms with van der Waals surface area (Å²) in [4.78, 5) is 17.4. The topological polar surface area (TPSA) is 83.3 Å². The van der Waals surface area contributed by atoms with E-state index in [9.17, 15) is 17.6 Å². The molecule has 0 bridgehead atoms. The minimum absolute atomic E-state index is 0.0668. The lowest BCUT2D eigenvalue weighted by Crippen LogP contribution is -2.44. The van der Waals surface area contributed by atoms with E-state index in [0.29, 0.717) is 42.5 Å². The van der Waals surface area contributed by atoms with E-state index in [1.807, 2.05) is 0 Å². The number of nitrogens with zero attached hydrogens (tertiary/aromatic N) is 3. The van der Waals surface area contributed by atoms with Crippen LogP contribution in [-0.4, -0.2) is 74.4 Å². The second-order valence-electron chi connectivity index (χ2n) is 9.06. The SMILES string of the molecule is O=C(CN(CCCN1CCOCC1)S(=O)(=O)c1ccc(Cl)cc1)N(Cc1ccc(F)cc1)Cc1ccco1. The van der Waals surface area contributed by atoms with Gasteiger partial charge in [-0.25, -0.2) is 12.8 Å². The lowest BCUT2D eigenvalue weighted by atomic mass is 10.2. The van der Waals surface area contributed by atoms with Crippen LogP contribution < -0.4 is 0 Å². The molecule has 38 heavy (non-hydrogen) atoms. The van der Waals surface area contributed by atoms with E-state index in [1.165, 1.54) is 51.9 Å². The van der Waals surface area contributed by atoms with Gasteiger partial charge in [0.05, 0.1) is 37.5 Å². The Bertz CT molecular complexity index is 1270. The summed E-state index contributed by atoms with van der Waals surface area (Å²) in [6, 6.07) is 15.2. The van der Waals surface area contributed by atoms with E-state index >= 15 is 0 Å². The molecule has 1 amide bonds. The molecule has 0 N–H and O–H groups in total. The number of amides is 1. The Morgan fingerprint density at radius 3 is 2.37 bits per heavy atom. The number of morpholine rings is 1. The molecule has 0 aliphatic carbocycles. The van der Waals surface area contributed by atoms with Crippen molar-refractivity contribution in [1.29, 1.82) is 0 Å². The summed E-state index contributed by atoms with van der Waals surface area (Å²) in [5, 5.41) is 0.419. The van der Waals surface area contributed by atoms with Gasteiger partial charge in [-0.1, -0.05) is 23.7 Å². The fourth-order valence-electron chi connectivity index (χ4n) is 4.22. The normalized spacial score (nSPS) is 14.6. The highest BCUT2D eigenvalue weighted by molar-refractivity contribution is 7.89. The molecule has 0 atom stereocenters. The van der Waals surface area contributed by atoms with Gasteiger partial charge in [0, 0.05) is 31.2 Å². The molecule has 1 saturated heterocycles. The molecule has 1 aliphatic heterocycles. The minimum Gasteiger partial charge on any atom is -0.467 e. The number of carbonyl (C=O) groups excluding carboxylic acids is 1. The molecule has 0 saturated carbocycles. The lowest BCUT2D eigenvalue weighted by molar-refractivity contribution is -0.133. The Morgan fingerprint density at radius 1 is 1.00 bits per heavy atom. The Balaban J connectivity index is 1.53. The molecule has 0 radical (unpaired) electrons. The van der Waals surface area contributed by atoms with Crippen LogP contribution in [0, 0.1) is 5.82 Å². The number of halogens is 2. The summed E-state index contributed by atoms with van der Waals surface area (Å²) in [7, 11) is -3.98. The fourth-order valence-corrected chi connectivity index (χ4v) is 5.77. The number of ether oxygens (including phenoxy) is 1. The first kappa shape index (κ1) is 28.3. The standard InChI is InChI=1S/C27H31ClFN3O5S/c28-23-6-10-26(11-7-23)38(34,35)32(13-2-12-30-14-17-36-18-15-30)21-27(33)31(20-25-3-1-16-37-25)19-22-4-8-24(29)9-5-22/h1,3-11,16H,2,12-15,17-21H2. The Morgan fingerprint density at radius 2 is 1.71 bits per heavy atom. The zero-order valence-electron chi connectivity index (χ0n) is 21.0. The molecule has 204 valence electrons. The van der Waals surface area contributed by atoms with Gasteiger partial charge >= 0.3 is 0 Å². The summed E-state index contributed by atoms with van der Waals surface area (Å²) in [6.45, 7) is 3.70. The molecule has 0 spiro atoms. The van der Waals surface area contributed by atoms with Gasteiger partial charge in [-0.2, -0.15) is 4.31 Å². The van der Waals surface area contributed by atoms with Crippen molar-refractivity contribution in [2.24, 2.45) is 0 Å². The molecule has 1 aromatic heterocycles. The minimum atomic E-state index is -3.98. The maximum Gasteiger partial charge on any atom is 0.243 e. The number of hydrogen-bond acceptors (Lipinski definition) is 6. The van der Waals surface area contributed by atoms with Gasteiger partial charge in [0.15, 0.2) is 0 Å². The predicted molar refractivity (Wildman–Crippen MR) is 141 cm³/mol. The number of benzene rings is 2. The summed E-state index contributed by atoms with van der Waals surface area (Å²) < 4.78 is 52.7. The maximum atomic E-state index is 13.6. The summed E-state index contributed by atoms with van der Waals surface area (Å²) in [5.41, 5.74) is 0.714. The van der Waals surface area contributed by atoms with Gasteiger partial charge in [-0.15, -0.1) is 0 Å². The van der Waals surface area contributed by atoms with Gasteiger partial charge in [-0.05, 0) is 67.1 Å². The predicted octanol–water partition coefficient (Wildman–Crippen LogP) is 4.01. The van der Waals surface area contributed by atoms with Crippen LogP contribution in [0.25, 0.3) is 0 Å². The van der Waals surface area contributed by atoms with Crippen LogP contribution in [0.15, 0.2) is 76.2 Å². The molecule has 2 aromatic carbocycles. The summed E-state index contributed by atoms with van der Waals surface area (Å²) >= 11 is 5.97. The Hall–Kier alpha value is -2.76. The number of rotatable bonds is 12. The zero-order chi connectivity index (χ0) is 27.0. The molecule has 2 heterocycles. The van der Waals surface area contributed by atoms with Crippen molar-refractivity contribution >= 4 is 27.5 Å². The number of furan rings is 1. The van der Waals surface area contributed by atoms with Crippen LogP contribution >= 0.6 is 11.6 Å². The first-order valence-corrected chi connectivity index (χ1v) is 14.2. The third kappa shape index (κ3) is 7.87. The Labute approximate surface area is 227 Å². The summed E-state index contributed by atoms with van der Waals surface area (Å²) in [5.74, 6) is -0.215. The van der Waals surface area contributed by atoms with E-state index in [0.717, 1.165) is 13.1 Å². The van der Waals surface area contributed by atoms with Crippen LogP contribution in [-0.2, 0) is 32.6 Å². The molecule has 1 aliphatic rings. The molecule has 4 rings (SSSR count). The number of hydrogen-bond donors (Lipinski definition) is 0. The fraction of sp³-hybridized carbons (Fsp3) is 0.370. The van der Waals surface area contributed by atoms with E-state index < -0.39 is 15.9 Å². The quantitative estimate of drug-likeness (QED) is 0.331. The van der Waals surface area contributed by atoms with Crippen LogP contribution in [0.3, 0.4) is 0 Å². The molecule has 3 aromatic rings. The van der Waals surface area contributed by atoms with Crippen molar-refractivity contribution in [3.63, 3.8) is 0 Å². The van der Waals surface area contributed by atoms with Crippen LogP contribution in [0.1, 0.15) is 17.7 Å². The van der Waals surface area contributed by atoms with Gasteiger partial charge < -0.3 is 14.1 Å². The van der Waals surface area contributed by atoms with Gasteiger partial charge in [0.1, 0.15) is 11.6 Å². The van der Waals surface area contributed by atoms with Gasteiger partial charge in [0.25, 0.3) is 0 Å². The number of sulfonamides is 1. The second-order valence-corrected chi connectivity index (χ2v) is 11.4. The van der Waals surface area contributed by atoms with Crippen molar-refractivity contribution in [2.45, 2.75) is 24.4 Å². The average Bonchev–Trinajstić information content (AvgIpc) is 3.43. The smallest absolute Gasteiger partial charge is 0.243 e. The van der Waals surface area contributed by atoms with Crippen LogP contribution in [0.4, 0.5) is 4.39 Å². The largest absolute Gasteiger partial charge is 0.467 e. The summed E-state index contributed by atoms with van der Waals surface area (Å²) in [6.07, 6.45) is 2.06. The lowest BCUT2D eigenvalue weighted by Gasteiger charge is -2.29. The third-order valence-corrected chi connectivity index (χ3v) is 8.43. The second kappa shape index (κ2) is 13.3. The third-order valence-electron chi connectivity index (χ3n) is 6.31. The average molecular weight is 564 g/mol. The van der Waals surface area contributed by atoms with E-state index in [1.54, 1.807) is 24.3 Å². The highest BCUT2D eigenvalue weighted by atomic mass is 35.5. The van der Waals surface area contributed by atoms with E-state index in [4.69, 9.17) is 20.8 Å². The first-order chi connectivity index (χ1) is 18.3. The highest BCUT2D eigenvalue weighted by Crippen LogP contribution is 2.20. The van der Waals surface area contributed by atoms with Gasteiger partial charge in [0.2, 0.25) is 15.9 Å². The van der Waals surface area contributed by atoms with E-state index in [2.05, 4.69) is 4.90 Å². The molecule has 1 fully saturated rings. The number of carbonyl (C=O) groups is 1. The first-order valence-electron chi connectivity index (χ1n) is 12.4. The van der Waals surface area contributed by atoms with E-state index in [-0.39, 0.29) is 36.9 Å². The van der Waals surface area contributed by atoms with Gasteiger partial charge in [-0.3, -0.25) is 9.69 Å². The van der Waals surface area contributed by atoms with Crippen molar-refractivity contribution in [3.05, 3.63) is 89.1 Å². The van der Waals surface area contributed by atoms with Crippen molar-refractivity contribution in [2.75, 3.05) is 45.9 Å². The molecule has 11 heteroatoms. The van der Waals surface area contributed by atoms with Crippen LogP contribution in [0.2, 0.25) is 5.02 Å². The molecular weight excluding hydrogens is 533 g/mol. The van der Waals surface area contributed by atoms with Crippen molar-refractivity contribution in [1.82, 2.24) is 14.1 Å². The monoisotopic (exact) mass is 563 g/mol. The van der Waals surface area contributed by atoms with Crippen LogP contribution in [0.5, 0.6) is 0 Å². The molecule has 0 unspecified atom stereocenters. The zero-order valence-corrected chi connectivity index (χ0v) is 22.5. The van der Waals surface area contributed by atoms with Crippen molar-refractivity contribution in [3.8, 4) is 0 Å². The highest BCUT2D eigenvalue weighted by Gasteiger charge is 2.29. The maximum absolute atomic E-state index is 13.6. The molecule has 8 nitrogen and oxygen atoms in total. The Kier molecular flexibility index (Phi) is 9.92.